The van der Waals surface area contributed by atoms with Gasteiger partial charge in [0.2, 0.25) is 0 Å². The second kappa shape index (κ2) is 7.02. The predicted octanol–water partition coefficient (Wildman–Crippen LogP) is 1.69. The number of carbonyl (C=O) groups is 1. The summed E-state index contributed by atoms with van der Waals surface area (Å²) in [7, 11) is 1.38. The highest BCUT2D eigenvalue weighted by molar-refractivity contribution is 5.81. The van der Waals surface area contributed by atoms with Crippen LogP contribution < -0.4 is 10.9 Å². The van der Waals surface area contributed by atoms with Gasteiger partial charge in [-0.25, -0.2) is 4.68 Å². The lowest BCUT2D eigenvalue weighted by atomic mass is 10.1. The first-order valence-electron chi connectivity index (χ1n) is 7.42. The van der Waals surface area contributed by atoms with E-state index >= 15 is 0 Å². The van der Waals surface area contributed by atoms with Crippen LogP contribution in [0, 0.1) is 10.1 Å². The van der Waals surface area contributed by atoms with Gasteiger partial charge < -0.3 is 5.32 Å². The summed E-state index contributed by atoms with van der Waals surface area (Å²) in [5.41, 5.74) is -1.39. The average Bonchev–Trinajstić information content (AvgIpc) is 2.77. The number of hydrogen-bond donors (Lipinski definition) is 1. The van der Waals surface area contributed by atoms with E-state index in [0.717, 1.165) is 4.68 Å². The topological polar surface area (TPSA) is 99.2 Å². The molecule has 0 aliphatic heterocycles. The molecule has 11 heteroatoms. The standard InChI is InChI=1S/C15H15F3N4O4/c1-9(19-14(24)15(16,17)18)8-11-12(22(25)26)13(23)21(20(11)2)10-6-4-3-5-7-10/h3-7,9H,8H2,1-2H3,(H,19,24)/t9-/m0/s1. The molecular formula is C15H15F3N4O4. The summed E-state index contributed by atoms with van der Waals surface area (Å²) >= 11 is 0. The predicted molar refractivity (Wildman–Crippen MR) is 85.0 cm³/mol. The van der Waals surface area contributed by atoms with Crippen LogP contribution in [-0.2, 0) is 18.3 Å². The summed E-state index contributed by atoms with van der Waals surface area (Å²) in [6, 6.07) is 6.99. The molecule has 26 heavy (non-hydrogen) atoms. The lowest BCUT2D eigenvalue weighted by molar-refractivity contribution is -0.386. The zero-order chi connectivity index (χ0) is 19.6. The first-order chi connectivity index (χ1) is 12.0. The molecule has 140 valence electrons. The maximum absolute atomic E-state index is 12.4. The van der Waals surface area contributed by atoms with Gasteiger partial charge in [-0.05, 0) is 19.1 Å². The zero-order valence-electron chi connectivity index (χ0n) is 13.8. The van der Waals surface area contributed by atoms with E-state index < -0.39 is 34.3 Å². The number of carbonyl (C=O) groups excluding carboxylic acids is 1. The van der Waals surface area contributed by atoms with E-state index in [2.05, 4.69) is 0 Å². The summed E-state index contributed by atoms with van der Waals surface area (Å²) in [6.07, 6.45) is -5.40. The third-order valence-electron chi connectivity index (χ3n) is 3.68. The lowest BCUT2D eigenvalue weighted by Crippen LogP contribution is -2.43. The van der Waals surface area contributed by atoms with Crippen LogP contribution in [0.1, 0.15) is 12.6 Å². The lowest BCUT2D eigenvalue weighted by Gasteiger charge is -2.16. The van der Waals surface area contributed by atoms with E-state index in [9.17, 15) is 32.9 Å². The monoisotopic (exact) mass is 372 g/mol. The average molecular weight is 372 g/mol. The van der Waals surface area contributed by atoms with Gasteiger partial charge in [0.15, 0.2) is 0 Å². The Morgan fingerprint density at radius 1 is 1.31 bits per heavy atom. The van der Waals surface area contributed by atoms with Crippen molar-refractivity contribution in [2.75, 3.05) is 0 Å². The van der Waals surface area contributed by atoms with Gasteiger partial charge in [0, 0.05) is 19.5 Å². The first-order valence-corrected chi connectivity index (χ1v) is 7.42. The third kappa shape index (κ3) is 3.76. The molecule has 1 aromatic heterocycles. The minimum atomic E-state index is -5.07. The highest BCUT2D eigenvalue weighted by atomic mass is 19.4. The summed E-state index contributed by atoms with van der Waals surface area (Å²) < 4.78 is 39.3. The van der Waals surface area contributed by atoms with E-state index in [4.69, 9.17) is 0 Å². The molecule has 0 saturated heterocycles. The highest BCUT2D eigenvalue weighted by Crippen LogP contribution is 2.20. The number of alkyl halides is 3. The molecule has 2 rings (SSSR count). The van der Waals surface area contributed by atoms with Crippen molar-refractivity contribution < 1.29 is 22.9 Å². The fourth-order valence-electron chi connectivity index (χ4n) is 2.55. The number of amides is 1. The third-order valence-corrected chi connectivity index (χ3v) is 3.68. The second-order valence-electron chi connectivity index (χ2n) is 5.60. The zero-order valence-corrected chi connectivity index (χ0v) is 13.8. The number of para-hydroxylation sites is 1. The molecule has 0 aliphatic rings. The molecular weight excluding hydrogens is 357 g/mol. The normalized spacial score (nSPS) is 12.7. The number of aromatic nitrogens is 2. The summed E-state index contributed by atoms with van der Waals surface area (Å²) in [5, 5.41) is 13.0. The molecule has 0 radical (unpaired) electrons. The number of rotatable bonds is 5. The molecule has 0 unspecified atom stereocenters. The quantitative estimate of drug-likeness (QED) is 0.638. The van der Waals surface area contributed by atoms with Crippen molar-refractivity contribution in [3.8, 4) is 5.69 Å². The van der Waals surface area contributed by atoms with Crippen LogP contribution in [0.5, 0.6) is 0 Å². The fourth-order valence-corrected chi connectivity index (χ4v) is 2.55. The number of hydrogen-bond acceptors (Lipinski definition) is 4. The number of nitro groups is 1. The summed E-state index contributed by atoms with van der Waals surface area (Å²) in [5.74, 6) is -2.15. The van der Waals surface area contributed by atoms with E-state index in [1.165, 1.54) is 18.7 Å². The maximum Gasteiger partial charge on any atom is 0.471 e. The molecule has 1 aromatic carbocycles. The number of benzene rings is 1. The van der Waals surface area contributed by atoms with E-state index in [1.54, 1.807) is 35.6 Å². The van der Waals surface area contributed by atoms with Crippen molar-refractivity contribution >= 4 is 11.6 Å². The Morgan fingerprint density at radius 2 is 1.88 bits per heavy atom. The molecule has 0 bridgehead atoms. The van der Waals surface area contributed by atoms with Crippen molar-refractivity contribution in [1.82, 2.24) is 14.7 Å². The van der Waals surface area contributed by atoms with Crippen LogP contribution in [0.15, 0.2) is 35.1 Å². The minimum absolute atomic E-state index is 0.0983. The molecule has 1 N–H and O–H groups in total. The molecule has 1 heterocycles. The molecule has 8 nitrogen and oxygen atoms in total. The Balaban J connectivity index is 2.44. The Kier molecular flexibility index (Phi) is 5.19. The van der Waals surface area contributed by atoms with Crippen LogP contribution >= 0.6 is 0 Å². The molecule has 1 atom stereocenters. The van der Waals surface area contributed by atoms with Crippen molar-refractivity contribution in [2.24, 2.45) is 7.05 Å². The van der Waals surface area contributed by atoms with Crippen molar-refractivity contribution in [3.63, 3.8) is 0 Å². The Labute approximate surface area is 145 Å². The number of halogens is 3. The Hall–Kier alpha value is -3.11. The highest BCUT2D eigenvalue weighted by Gasteiger charge is 2.39. The van der Waals surface area contributed by atoms with Gasteiger partial charge in [-0.1, -0.05) is 18.2 Å². The maximum atomic E-state index is 12.4. The van der Waals surface area contributed by atoms with Gasteiger partial charge >= 0.3 is 23.3 Å². The number of nitrogens with zero attached hydrogens (tertiary/aromatic N) is 3. The van der Waals surface area contributed by atoms with Gasteiger partial charge in [0.05, 0.1) is 10.6 Å². The van der Waals surface area contributed by atoms with Gasteiger partial charge in [-0.15, -0.1) is 0 Å². The summed E-state index contributed by atoms with van der Waals surface area (Å²) in [6.45, 7) is 1.26. The minimum Gasteiger partial charge on any atom is -0.345 e. The van der Waals surface area contributed by atoms with E-state index in [-0.39, 0.29) is 12.1 Å². The van der Waals surface area contributed by atoms with Crippen LogP contribution in [0.25, 0.3) is 5.69 Å². The largest absolute Gasteiger partial charge is 0.471 e. The Morgan fingerprint density at radius 3 is 2.38 bits per heavy atom. The Bertz CT molecular complexity index is 887. The molecule has 1 amide bonds. The van der Waals surface area contributed by atoms with Crippen LogP contribution in [-0.4, -0.2) is 32.4 Å². The smallest absolute Gasteiger partial charge is 0.345 e. The van der Waals surface area contributed by atoms with Crippen LogP contribution in [0.2, 0.25) is 0 Å². The molecule has 0 aliphatic carbocycles. The molecule has 2 aromatic rings. The first kappa shape index (κ1) is 19.2. The van der Waals surface area contributed by atoms with Gasteiger partial charge in [-0.3, -0.25) is 24.4 Å². The van der Waals surface area contributed by atoms with Gasteiger partial charge in [-0.2, -0.15) is 13.2 Å². The second-order valence-corrected chi connectivity index (χ2v) is 5.60. The van der Waals surface area contributed by atoms with Crippen molar-refractivity contribution in [3.05, 3.63) is 56.5 Å². The summed E-state index contributed by atoms with van der Waals surface area (Å²) in [4.78, 5) is 33.9. The van der Waals surface area contributed by atoms with Gasteiger partial charge in [0.1, 0.15) is 5.69 Å². The SMILES string of the molecule is C[C@@H](Cc1c([N+](=O)[O-])c(=O)n(-c2ccccc2)n1C)NC(=O)C(F)(F)F. The van der Waals surface area contributed by atoms with Crippen LogP contribution in [0.4, 0.5) is 18.9 Å². The van der Waals surface area contributed by atoms with E-state index in [0.29, 0.717) is 5.69 Å². The molecule has 0 spiro atoms. The van der Waals surface area contributed by atoms with Crippen molar-refractivity contribution in [1.29, 1.82) is 0 Å². The number of nitrogens with one attached hydrogen (secondary N) is 1. The van der Waals surface area contributed by atoms with Gasteiger partial charge in [0.25, 0.3) is 0 Å². The van der Waals surface area contributed by atoms with Crippen LogP contribution in [0.3, 0.4) is 0 Å². The van der Waals surface area contributed by atoms with Crippen molar-refractivity contribution in [2.45, 2.75) is 25.6 Å². The van der Waals surface area contributed by atoms with E-state index in [1.807, 2.05) is 0 Å². The molecule has 0 fully saturated rings. The fraction of sp³-hybridized carbons (Fsp3) is 0.333. The molecule has 0 saturated carbocycles.